The fourth-order valence-electron chi connectivity index (χ4n) is 6.46. The highest BCUT2D eigenvalue weighted by atomic mass is 35.5. The van der Waals surface area contributed by atoms with Crippen LogP contribution in [0.25, 0.3) is 0 Å². The molecule has 0 saturated carbocycles. The van der Waals surface area contributed by atoms with E-state index in [0.29, 0.717) is 35.8 Å². The number of carbonyl (C=O) groups excluding carboxylic acids is 3. The van der Waals surface area contributed by atoms with E-state index in [1.807, 2.05) is 29.2 Å². The Kier molecular flexibility index (Phi) is 9.35. The van der Waals surface area contributed by atoms with Crippen LogP contribution in [0.3, 0.4) is 0 Å². The lowest BCUT2D eigenvalue weighted by Crippen LogP contribution is -2.44. The summed E-state index contributed by atoms with van der Waals surface area (Å²) in [6.45, 7) is 3.30. The summed E-state index contributed by atoms with van der Waals surface area (Å²) >= 11 is 6.32. The second kappa shape index (κ2) is 13.0. The van der Waals surface area contributed by atoms with E-state index in [1.165, 1.54) is 0 Å². The van der Waals surface area contributed by atoms with Crippen LogP contribution in [0.2, 0.25) is 5.02 Å². The molecule has 42 heavy (non-hydrogen) atoms. The topological polar surface area (TPSA) is 101 Å². The molecule has 2 fully saturated rings. The highest BCUT2D eigenvalue weighted by Crippen LogP contribution is 2.46. The standard InChI is InChI=1S/C33H40ClN3O5/c1-23(8-6-11-31(40)36-19-7-9-27(36)22-38)33(42)28-20-25(34)14-17-29(28)37(32(33)41)21-24-12-15-26(16-13-24)35-18-5-3-2-4-10-30(35)39/h6,8,12-17,20,23,27,38,42H,2-5,7,9-11,18-19,21-22H2,1H3/b8-6+/t23-,27-,33+/m0/s1. The van der Waals surface area contributed by atoms with Crippen LogP contribution in [0.1, 0.15) is 69.4 Å². The highest BCUT2D eigenvalue weighted by molar-refractivity contribution is 6.31. The van der Waals surface area contributed by atoms with Crippen LogP contribution in [-0.2, 0) is 26.5 Å². The number of anilines is 2. The molecule has 0 radical (unpaired) electrons. The van der Waals surface area contributed by atoms with E-state index in [9.17, 15) is 24.6 Å². The molecule has 0 bridgehead atoms. The van der Waals surface area contributed by atoms with E-state index in [0.717, 1.165) is 49.8 Å². The first-order valence-corrected chi connectivity index (χ1v) is 15.4. The molecule has 0 aliphatic carbocycles. The van der Waals surface area contributed by atoms with Gasteiger partial charge >= 0.3 is 0 Å². The number of hydrogen-bond acceptors (Lipinski definition) is 5. The van der Waals surface area contributed by atoms with Gasteiger partial charge in [-0.2, -0.15) is 0 Å². The normalized spacial score (nSPS) is 23.8. The van der Waals surface area contributed by atoms with Crippen LogP contribution in [-0.4, -0.2) is 58.6 Å². The van der Waals surface area contributed by atoms with Crippen molar-refractivity contribution in [2.75, 3.05) is 29.5 Å². The van der Waals surface area contributed by atoms with Crippen molar-refractivity contribution in [1.29, 1.82) is 0 Å². The summed E-state index contributed by atoms with van der Waals surface area (Å²) in [5, 5.41) is 21.9. The lowest BCUT2D eigenvalue weighted by atomic mass is 9.83. The van der Waals surface area contributed by atoms with Crippen molar-refractivity contribution < 1.29 is 24.6 Å². The van der Waals surface area contributed by atoms with E-state index >= 15 is 0 Å². The minimum atomic E-state index is -1.85. The number of likely N-dealkylation sites (tertiary alicyclic amines) is 1. The molecule has 2 N–H and O–H groups in total. The quantitative estimate of drug-likeness (QED) is 0.422. The summed E-state index contributed by atoms with van der Waals surface area (Å²) in [5.41, 5.74) is 0.905. The Bertz CT molecular complexity index is 1350. The van der Waals surface area contributed by atoms with Crippen LogP contribution in [0.5, 0.6) is 0 Å². The van der Waals surface area contributed by atoms with Gasteiger partial charge in [-0.3, -0.25) is 14.4 Å². The first kappa shape index (κ1) is 30.3. The summed E-state index contributed by atoms with van der Waals surface area (Å²) in [6.07, 6.45) is 9.88. The molecule has 5 rings (SSSR count). The number of aliphatic hydroxyl groups excluding tert-OH is 1. The van der Waals surface area contributed by atoms with Gasteiger partial charge in [-0.05, 0) is 61.6 Å². The first-order valence-electron chi connectivity index (χ1n) is 15.0. The van der Waals surface area contributed by atoms with E-state index in [1.54, 1.807) is 47.1 Å². The van der Waals surface area contributed by atoms with Crippen LogP contribution < -0.4 is 9.80 Å². The van der Waals surface area contributed by atoms with Crippen molar-refractivity contribution in [3.63, 3.8) is 0 Å². The predicted octanol–water partition coefficient (Wildman–Crippen LogP) is 4.94. The van der Waals surface area contributed by atoms with Gasteiger partial charge in [-0.15, -0.1) is 0 Å². The van der Waals surface area contributed by atoms with E-state index in [-0.39, 0.29) is 37.4 Å². The molecule has 3 aliphatic heterocycles. The van der Waals surface area contributed by atoms with Crippen LogP contribution in [0.15, 0.2) is 54.6 Å². The number of amides is 3. The second-order valence-electron chi connectivity index (χ2n) is 11.7. The number of rotatable bonds is 8. The van der Waals surface area contributed by atoms with E-state index < -0.39 is 17.4 Å². The first-order chi connectivity index (χ1) is 20.2. The molecule has 0 spiro atoms. The number of aliphatic hydroxyl groups is 2. The van der Waals surface area contributed by atoms with Gasteiger partial charge in [0.15, 0.2) is 5.60 Å². The molecule has 0 aromatic heterocycles. The fourth-order valence-corrected chi connectivity index (χ4v) is 6.63. The molecule has 2 aromatic rings. The van der Waals surface area contributed by atoms with E-state index in [4.69, 9.17) is 11.6 Å². The third-order valence-electron chi connectivity index (χ3n) is 8.93. The molecule has 2 aromatic carbocycles. The minimum absolute atomic E-state index is 0.0490. The molecule has 3 aliphatic rings. The SMILES string of the molecule is C[C@@H](/C=C/CC(=O)N1CCC[C@H]1CO)[C@]1(O)C(=O)N(Cc2ccc(N3CCCCCCC3=O)cc2)c2ccc(Cl)cc21. The van der Waals surface area contributed by atoms with Crippen molar-refractivity contribution in [1.82, 2.24) is 4.90 Å². The van der Waals surface area contributed by atoms with Crippen LogP contribution >= 0.6 is 11.6 Å². The Labute approximate surface area is 252 Å². The molecule has 9 heteroatoms. The molecule has 3 amide bonds. The number of fused-ring (bicyclic) bond motifs is 1. The van der Waals surface area contributed by atoms with Gasteiger partial charge < -0.3 is 24.9 Å². The molecule has 0 unspecified atom stereocenters. The molecular weight excluding hydrogens is 554 g/mol. The molecule has 8 nitrogen and oxygen atoms in total. The lowest BCUT2D eigenvalue weighted by molar-refractivity contribution is -0.139. The maximum absolute atomic E-state index is 13.9. The minimum Gasteiger partial charge on any atom is -0.394 e. The van der Waals surface area contributed by atoms with Gasteiger partial charge in [0.05, 0.1) is 24.9 Å². The summed E-state index contributed by atoms with van der Waals surface area (Å²) in [4.78, 5) is 44.4. The zero-order chi connectivity index (χ0) is 29.9. The monoisotopic (exact) mass is 593 g/mol. The Morgan fingerprint density at radius 3 is 2.60 bits per heavy atom. The lowest BCUT2D eigenvalue weighted by Gasteiger charge is -2.28. The fraction of sp³-hybridized carbons (Fsp3) is 0.485. The van der Waals surface area contributed by atoms with Crippen molar-refractivity contribution in [3.05, 3.63) is 70.8 Å². The second-order valence-corrected chi connectivity index (χ2v) is 12.1. The average molecular weight is 594 g/mol. The average Bonchev–Trinajstić information content (AvgIpc) is 3.54. The van der Waals surface area contributed by atoms with Crippen molar-refractivity contribution in [2.45, 2.75) is 76.5 Å². The third kappa shape index (κ3) is 5.98. The summed E-state index contributed by atoms with van der Waals surface area (Å²) < 4.78 is 0. The van der Waals surface area contributed by atoms with Crippen molar-refractivity contribution in [2.24, 2.45) is 5.92 Å². The van der Waals surface area contributed by atoms with Crippen molar-refractivity contribution >= 4 is 40.7 Å². The zero-order valence-corrected chi connectivity index (χ0v) is 24.9. The van der Waals surface area contributed by atoms with Crippen LogP contribution in [0, 0.1) is 5.92 Å². The number of carbonyl (C=O) groups is 3. The summed E-state index contributed by atoms with van der Waals surface area (Å²) in [7, 11) is 0. The smallest absolute Gasteiger partial charge is 0.264 e. The third-order valence-corrected chi connectivity index (χ3v) is 9.16. The Hall–Kier alpha value is -3.20. The summed E-state index contributed by atoms with van der Waals surface area (Å²) in [6, 6.07) is 12.7. The molecule has 3 atom stereocenters. The van der Waals surface area contributed by atoms with Gasteiger partial charge in [-0.1, -0.05) is 55.7 Å². The Morgan fingerprint density at radius 1 is 1.07 bits per heavy atom. The van der Waals surface area contributed by atoms with E-state index in [2.05, 4.69) is 0 Å². The number of halogens is 1. The zero-order valence-electron chi connectivity index (χ0n) is 24.2. The maximum atomic E-state index is 13.9. The largest absolute Gasteiger partial charge is 0.394 e. The predicted molar refractivity (Wildman–Crippen MR) is 163 cm³/mol. The van der Waals surface area contributed by atoms with Gasteiger partial charge in [0.1, 0.15) is 0 Å². The molecule has 224 valence electrons. The summed E-state index contributed by atoms with van der Waals surface area (Å²) in [5.74, 6) is -1.02. The number of nitrogens with zero attached hydrogens (tertiary/aromatic N) is 3. The van der Waals surface area contributed by atoms with Gasteiger partial charge in [0.2, 0.25) is 11.8 Å². The number of hydrogen-bond donors (Lipinski definition) is 2. The van der Waals surface area contributed by atoms with Crippen molar-refractivity contribution in [3.8, 4) is 0 Å². The molecular formula is C33H40ClN3O5. The number of benzene rings is 2. The van der Waals surface area contributed by atoms with Crippen LogP contribution in [0.4, 0.5) is 11.4 Å². The molecule has 3 heterocycles. The maximum Gasteiger partial charge on any atom is 0.264 e. The highest BCUT2D eigenvalue weighted by Gasteiger charge is 2.52. The molecule has 2 saturated heterocycles. The Morgan fingerprint density at radius 2 is 1.83 bits per heavy atom. The van der Waals surface area contributed by atoms with Gasteiger partial charge in [0, 0.05) is 48.1 Å². The van der Waals surface area contributed by atoms with Gasteiger partial charge in [0.25, 0.3) is 5.91 Å². The Balaban J connectivity index is 1.32. The van der Waals surface area contributed by atoms with Gasteiger partial charge in [-0.25, -0.2) is 0 Å².